The first-order valence-corrected chi connectivity index (χ1v) is 16.3. The Labute approximate surface area is 264 Å². The molecule has 2 amide bonds. The molecule has 3 aliphatic rings. The van der Waals surface area contributed by atoms with Crippen molar-refractivity contribution in [2.75, 3.05) is 39.3 Å². The van der Waals surface area contributed by atoms with E-state index in [1.807, 2.05) is 28.0 Å². The quantitative estimate of drug-likeness (QED) is 0.327. The van der Waals surface area contributed by atoms with Gasteiger partial charge in [-0.2, -0.15) is 5.10 Å². The highest BCUT2D eigenvalue weighted by Gasteiger charge is 2.35. The van der Waals surface area contributed by atoms with Crippen LogP contribution in [0.1, 0.15) is 55.7 Å². The lowest BCUT2D eigenvalue weighted by molar-refractivity contribution is -0.142. The third kappa shape index (κ3) is 5.50. The maximum atomic E-state index is 14.1. The van der Waals surface area contributed by atoms with Crippen LogP contribution in [0.15, 0.2) is 29.2 Å². The van der Waals surface area contributed by atoms with E-state index in [9.17, 15) is 14.4 Å². The van der Waals surface area contributed by atoms with Gasteiger partial charge in [-0.1, -0.05) is 29.6 Å². The second-order valence-electron chi connectivity index (χ2n) is 12.3. The van der Waals surface area contributed by atoms with Crippen molar-refractivity contribution in [2.45, 2.75) is 57.5 Å². The molecule has 232 valence electrons. The maximum absolute atomic E-state index is 14.1. The lowest BCUT2D eigenvalue weighted by atomic mass is 9.92. The molecule has 0 spiro atoms. The van der Waals surface area contributed by atoms with E-state index < -0.39 is 5.92 Å². The van der Waals surface area contributed by atoms with Crippen LogP contribution in [0.4, 0.5) is 0 Å². The van der Waals surface area contributed by atoms with Crippen molar-refractivity contribution >= 4 is 57.1 Å². The molecule has 1 aromatic carbocycles. The van der Waals surface area contributed by atoms with Crippen molar-refractivity contribution in [3.63, 3.8) is 0 Å². The minimum atomic E-state index is -0.510. The summed E-state index contributed by atoms with van der Waals surface area (Å²) in [5.74, 6) is -0.560. The van der Waals surface area contributed by atoms with Crippen LogP contribution in [0.3, 0.4) is 0 Å². The van der Waals surface area contributed by atoms with Gasteiger partial charge in [0.2, 0.25) is 11.8 Å². The molecule has 3 aliphatic heterocycles. The Morgan fingerprint density at radius 3 is 2.64 bits per heavy atom. The number of nitrogens with one attached hydrogen (secondary N) is 2. The van der Waals surface area contributed by atoms with E-state index in [-0.39, 0.29) is 30.0 Å². The van der Waals surface area contributed by atoms with Gasteiger partial charge in [0, 0.05) is 56.8 Å². The lowest BCUT2D eigenvalue weighted by Gasteiger charge is -2.34. The first-order valence-electron chi connectivity index (χ1n) is 15.6. The van der Waals surface area contributed by atoms with Gasteiger partial charge in [0.1, 0.15) is 10.7 Å². The number of imidazole rings is 1. The monoisotopic (exact) mass is 638 g/mol. The molecule has 6 heterocycles. The van der Waals surface area contributed by atoms with Crippen molar-refractivity contribution in [1.82, 2.24) is 39.4 Å². The highest BCUT2D eigenvalue weighted by Crippen LogP contribution is 2.37. The van der Waals surface area contributed by atoms with Gasteiger partial charge in [-0.05, 0) is 74.5 Å². The van der Waals surface area contributed by atoms with Crippen LogP contribution in [0.5, 0.6) is 0 Å². The second kappa shape index (κ2) is 12.2. The van der Waals surface area contributed by atoms with Crippen molar-refractivity contribution < 1.29 is 9.59 Å². The molecule has 0 bridgehead atoms. The van der Waals surface area contributed by atoms with Gasteiger partial charge in [-0.15, -0.1) is 0 Å². The van der Waals surface area contributed by atoms with E-state index in [4.69, 9.17) is 23.2 Å². The van der Waals surface area contributed by atoms with E-state index in [0.29, 0.717) is 66.8 Å². The van der Waals surface area contributed by atoms with Gasteiger partial charge in [0.05, 0.1) is 16.5 Å². The molecule has 11 nitrogen and oxygen atoms in total. The Bertz CT molecular complexity index is 1770. The van der Waals surface area contributed by atoms with Crippen molar-refractivity contribution in [3.8, 4) is 0 Å². The number of piperidine rings is 2. The predicted octanol–water partition coefficient (Wildman–Crippen LogP) is 4.15. The Balaban J connectivity index is 1.10. The molecule has 2 fully saturated rings. The number of amides is 2. The van der Waals surface area contributed by atoms with Crippen LogP contribution in [-0.4, -0.2) is 90.5 Å². The molecule has 3 aromatic heterocycles. The van der Waals surface area contributed by atoms with Gasteiger partial charge in [0.25, 0.3) is 0 Å². The Morgan fingerprint density at radius 1 is 1.05 bits per heavy atom. The number of hydrogen-bond donors (Lipinski definition) is 2. The Kier molecular flexibility index (Phi) is 8.11. The van der Waals surface area contributed by atoms with E-state index in [1.165, 1.54) is 19.3 Å². The number of H-pyrrole nitrogens is 2. The summed E-state index contributed by atoms with van der Waals surface area (Å²) in [6.45, 7) is 4.93. The summed E-state index contributed by atoms with van der Waals surface area (Å²) >= 11 is 13.2. The number of aromatic nitrogens is 5. The maximum Gasteiger partial charge on any atom is 0.327 e. The van der Waals surface area contributed by atoms with Crippen LogP contribution in [-0.2, 0) is 22.6 Å². The van der Waals surface area contributed by atoms with Crippen molar-refractivity contribution in [2.24, 2.45) is 5.92 Å². The topological polar surface area (TPSA) is 123 Å². The van der Waals surface area contributed by atoms with Gasteiger partial charge in [0.15, 0.2) is 5.65 Å². The minimum absolute atomic E-state index is 0.0109. The fourth-order valence-corrected chi connectivity index (χ4v) is 7.82. The molecule has 2 N–H and O–H groups in total. The number of benzene rings is 1. The molecule has 0 radical (unpaired) electrons. The van der Waals surface area contributed by atoms with Crippen LogP contribution < -0.4 is 5.69 Å². The van der Waals surface area contributed by atoms with Crippen molar-refractivity contribution in [1.29, 1.82) is 0 Å². The van der Waals surface area contributed by atoms with E-state index in [1.54, 1.807) is 10.8 Å². The number of nitrogens with zero attached hydrogens (tertiary/aromatic N) is 6. The zero-order valence-electron chi connectivity index (χ0n) is 24.5. The van der Waals surface area contributed by atoms with Gasteiger partial charge in [-0.25, -0.2) is 9.78 Å². The summed E-state index contributed by atoms with van der Waals surface area (Å²) < 4.78 is 1.77. The molecular formula is C31H36Cl2N8O3. The number of fused-ring (bicyclic) bond motifs is 4. The first kappa shape index (κ1) is 29.3. The molecule has 0 aliphatic carbocycles. The summed E-state index contributed by atoms with van der Waals surface area (Å²) in [6, 6.07) is 5.57. The fourth-order valence-electron chi connectivity index (χ4n) is 7.31. The molecule has 4 aromatic rings. The smallest absolute Gasteiger partial charge is 0.327 e. The first-order chi connectivity index (χ1) is 21.4. The number of hydrogen-bond acceptors (Lipinski definition) is 6. The zero-order valence-corrected chi connectivity index (χ0v) is 26.0. The highest BCUT2D eigenvalue weighted by atomic mass is 35.5. The molecule has 2 saturated heterocycles. The molecule has 0 saturated carbocycles. The standard InChI is InChI=1S/C31H36Cl2N8O3/c32-23-16-19-15-20(17-25(42)39-11-6-21(7-12-39)41-24-5-4-8-34-29(24)35-31(41)44)30(43)40(14-13-38-9-2-1-3-10-38)18-22(19)26-27(23)36-37-28(26)33/h4-5,8,16,20-21H,1-3,6-7,9-15,17-18H2,(H,36,37)(H,34,35,44). The molecule has 13 heteroatoms. The average Bonchev–Trinajstić information content (AvgIpc) is 3.56. The third-order valence-electron chi connectivity index (χ3n) is 9.64. The number of likely N-dealkylation sites (tertiary alicyclic amines) is 2. The van der Waals surface area contributed by atoms with Crippen LogP contribution in [0, 0.1) is 5.92 Å². The SMILES string of the molecule is O=C(CC1Cc2cc(Cl)c3n[nH]c(Cl)c3c2CN(CCN2CCCCC2)C1=O)N1CCC(n2c(=O)[nH]c3ncccc32)CC1. The van der Waals surface area contributed by atoms with Crippen LogP contribution >= 0.6 is 23.2 Å². The fraction of sp³-hybridized carbons (Fsp3) is 0.516. The zero-order chi connectivity index (χ0) is 30.4. The van der Waals surface area contributed by atoms with Gasteiger partial charge < -0.3 is 14.7 Å². The molecule has 44 heavy (non-hydrogen) atoms. The normalized spacial score (nSPS) is 20.4. The molecule has 1 unspecified atom stereocenters. The summed E-state index contributed by atoms with van der Waals surface area (Å²) in [5, 5.41) is 8.79. The lowest BCUT2D eigenvalue weighted by Crippen LogP contribution is -2.44. The summed E-state index contributed by atoms with van der Waals surface area (Å²) in [7, 11) is 0. The van der Waals surface area contributed by atoms with Gasteiger partial charge >= 0.3 is 5.69 Å². The molecule has 1 atom stereocenters. The Hall–Kier alpha value is -3.41. The second-order valence-corrected chi connectivity index (χ2v) is 13.1. The predicted molar refractivity (Wildman–Crippen MR) is 169 cm³/mol. The van der Waals surface area contributed by atoms with Crippen molar-refractivity contribution in [3.05, 3.63) is 56.2 Å². The third-order valence-corrected chi connectivity index (χ3v) is 10.2. The highest BCUT2D eigenvalue weighted by molar-refractivity contribution is 6.39. The Morgan fingerprint density at radius 2 is 1.84 bits per heavy atom. The van der Waals surface area contributed by atoms with Crippen LogP contribution in [0.25, 0.3) is 22.1 Å². The number of carbonyl (C=O) groups is 2. The van der Waals surface area contributed by atoms with E-state index >= 15 is 0 Å². The summed E-state index contributed by atoms with van der Waals surface area (Å²) in [5.41, 5.74) is 3.65. The minimum Gasteiger partial charge on any atom is -0.343 e. The molecular weight excluding hydrogens is 603 g/mol. The molecule has 7 rings (SSSR count). The van der Waals surface area contributed by atoms with E-state index in [2.05, 4.69) is 25.1 Å². The number of aromatic amines is 2. The van der Waals surface area contributed by atoms with Crippen LogP contribution in [0.2, 0.25) is 10.2 Å². The van der Waals surface area contributed by atoms with E-state index in [0.717, 1.165) is 41.7 Å². The number of pyridine rings is 1. The summed E-state index contributed by atoms with van der Waals surface area (Å²) in [6.07, 6.45) is 7.11. The number of rotatable bonds is 6. The van der Waals surface area contributed by atoms with Gasteiger partial charge in [-0.3, -0.25) is 24.2 Å². The summed E-state index contributed by atoms with van der Waals surface area (Å²) in [4.78, 5) is 53.8. The number of halogens is 2. The largest absolute Gasteiger partial charge is 0.343 e. The average molecular weight is 640 g/mol. The number of carbonyl (C=O) groups excluding carboxylic acids is 2.